The molecule has 172 valence electrons. The molecule has 1 heterocycles. The minimum atomic E-state index is -0.130. The van der Waals surface area contributed by atoms with Crippen molar-refractivity contribution < 1.29 is 14.6 Å². The van der Waals surface area contributed by atoms with Gasteiger partial charge in [-0.05, 0) is 99.2 Å². The molecule has 4 fully saturated rings. The number of hydrogen-bond acceptors (Lipinski definition) is 5. The fourth-order valence-corrected chi connectivity index (χ4v) is 8.83. The van der Waals surface area contributed by atoms with E-state index in [0.717, 1.165) is 44.4 Å². The van der Waals surface area contributed by atoms with Gasteiger partial charge in [0.15, 0.2) is 5.78 Å². The number of nitrogens with zero attached hydrogens (tertiary/aromatic N) is 3. The Labute approximate surface area is 186 Å². The molecule has 6 nitrogen and oxygen atoms in total. The van der Waals surface area contributed by atoms with Gasteiger partial charge in [-0.2, -0.15) is 0 Å². The molecule has 1 aromatic rings. The molecule has 4 aliphatic rings. The van der Waals surface area contributed by atoms with Crippen LogP contribution in [0.1, 0.15) is 70.4 Å². The van der Waals surface area contributed by atoms with Gasteiger partial charge in [-0.15, -0.1) is 5.10 Å². The number of aliphatic hydroxyl groups is 1. The number of aryl methyl sites for hydroxylation is 1. The van der Waals surface area contributed by atoms with Gasteiger partial charge in [-0.25, -0.2) is 4.68 Å². The molecule has 0 saturated heterocycles. The second kappa shape index (κ2) is 7.95. The average molecular weight is 430 g/mol. The minimum Gasteiger partial charge on any atom is -0.393 e. The van der Waals surface area contributed by atoms with Gasteiger partial charge < -0.3 is 9.84 Å². The van der Waals surface area contributed by atoms with Crippen molar-refractivity contribution in [2.45, 2.75) is 84.3 Å². The number of aliphatic hydroxyl groups excluding tert-OH is 1. The van der Waals surface area contributed by atoms with Gasteiger partial charge in [-0.3, -0.25) is 4.79 Å². The molecule has 0 radical (unpaired) electrons. The summed E-state index contributed by atoms with van der Waals surface area (Å²) in [6, 6.07) is 0. The van der Waals surface area contributed by atoms with Crippen LogP contribution in [0.25, 0.3) is 0 Å². The lowest BCUT2D eigenvalue weighted by Gasteiger charge is -2.61. The van der Waals surface area contributed by atoms with Crippen molar-refractivity contribution >= 4 is 5.78 Å². The summed E-state index contributed by atoms with van der Waals surface area (Å²) in [6.45, 7) is 5.58. The lowest BCUT2D eigenvalue weighted by molar-refractivity contribution is -0.161. The van der Waals surface area contributed by atoms with Crippen molar-refractivity contribution in [3.63, 3.8) is 0 Å². The molecule has 0 aromatic carbocycles. The Morgan fingerprint density at radius 3 is 2.77 bits per heavy atom. The van der Waals surface area contributed by atoms with Crippen LogP contribution < -0.4 is 0 Å². The normalized spacial score (nSPS) is 44.4. The molecule has 1 unspecified atom stereocenters. The zero-order valence-electron chi connectivity index (χ0n) is 19.4. The van der Waals surface area contributed by atoms with Gasteiger partial charge in [0.05, 0.1) is 24.6 Å². The van der Waals surface area contributed by atoms with E-state index < -0.39 is 0 Å². The molecule has 0 amide bonds. The molecule has 1 N–H and O–H groups in total. The first-order chi connectivity index (χ1) is 14.9. The van der Waals surface area contributed by atoms with E-state index in [2.05, 4.69) is 17.2 Å². The number of carbonyl (C=O) groups is 1. The van der Waals surface area contributed by atoms with Crippen LogP contribution in [-0.2, 0) is 16.1 Å². The van der Waals surface area contributed by atoms with Gasteiger partial charge in [0.1, 0.15) is 6.54 Å². The highest BCUT2D eigenvalue weighted by Crippen LogP contribution is 2.67. The molecule has 0 spiro atoms. The highest BCUT2D eigenvalue weighted by molar-refractivity contribution is 5.82. The minimum absolute atomic E-state index is 0.113. The Morgan fingerprint density at radius 1 is 1.19 bits per heavy atom. The van der Waals surface area contributed by atoms with E-state index in [1.165, 1.54) is 25.7 Å². The first kappa shape index (κ1) is 21.6. The molecule has 1 aromatic heterocycles. The Kier molecular flexibility index (Phi) is 5.53. The maximum atomic E-state index is 13.4. The number of ether oxygens (including phenoxy) is 1. The summed E-state index contributed by atoms with van der Waals surface area (Å²) in [5, 5.41) is 18.4. The topological polar surface area (TPSA) is 77.2 Å². The molecule has 4 saturated carbocycles. The van der Waals surface area contributed by atoms with Crippen molar-refractivity contribution in [2.24, 2.45) is 40.4 Å². The highest BCUT2D eigenvalue weighted by Gasteiger charge is 2.62. The SMILES string of the molecule is COC[C@]12CC[C@@H](O)C[C@@H]1CC[C@@H]1C2CC[C@]2(C)[C@@H](C(=O)Cn3nncc3C)CC[C@@H]12. The van der Waals surface area contributed by atoms with E-state index in [0.29, 0.717) is 36.0 Å². The molecule has 8 atom stereocenters. The molecule has 5 rings (SSSR count). The fourth-order valence-electron chi connectivity index (χ4n) is 8.83. The first-order valence-electron chi connectivity index (χ1n) is 12.4. The van der Waals surface area contributed by atoms with Crippen LogP contribution >= 0.6 is 0 Å². The van der Waals surface area contributed by atoms with E-state index >= 15 is 0 Å². The quantitative estimate of drug-likeness (QED) is 0.770. The number of aromatic nitrogens is 3. The van der Waals surface area contributed by atoms with Gasteiger partial charge in [-0.1, -0.05) is 12.1 Å². The summed E-state index contributed by atoms with van der Waals surface area (Å²) in [6.07, 6.45) is 11.6. The molecule has 0 bridgehead atoms. The predicted molar refractivity (Wildman–Crippen MR) is 117 cm³/mol. The average Bonchev–Trinajstić information content (AvgIpc) is 3.31. The van der Waals surface area contributed by atoms with Gasteiger partial charge >= 0.3 is 0 Å². The second-order valence-electron chi connectivity index (χ2n) is 11.4. The standard InChI is InChI=1S/C25H39N3O3/c1-16-13-26-27-28(16)14-23(30)22-7-6-20-19-5-4-17-12-18(29)8-11-25(17,15-31-3)21(19)9-10-24(20,22)2/h13,17-22,29H,4-12,14-15H2,1-3H3/t17-,18+,19-,20-,21?,22+,24-,25+/m0/s1. The third-order valence-corrected chi connectivity index (χ3v) is 10.3. The largest absolute Gasteiger partial charge is 0.393 e. The smallest absolute Gasteiger partial charge is 0.157 e. The summed E-state index contributed by atoms with van der Waals surface area (Å²) in [5.74, 6) is 3.11. The number of methoxy groups -OCH3 is 1. The Hall–Kier alpha value is -1.27. The van der Waals surface area contributed by atoms with Gasteiger partial charge in [0.2, 0.25) is 0 Å². The zero-order chi connectivity index (χ0) is 21.8. The van der Waals surface area contributed by atoms with Crippen LogP contribution in [0, 0.1) is 47.3 Å². The second-order valence-corrected chi connectivity index (χ2v) is 11.4. The van der Waals surface area contributed by atoms with Crippen molar-refractivity contribution in [3.05, 3.63) is 11.9 Å². The van der Waals surface area contributed by atoms with Crippen LogP contribution in [-0.4, -0.2) is 45.7 Å². The Balaban J connectivity index is 1.38. The van der Waals surface area contributed by atoms with Crippen LogP contribution in [0.2, 0.25) is 0 Å². The first-order valence-corrected chi connectivity index (χ1v) is 12.4. The van der Waals surface area contributed by atoms with Crippen LogP contribution in [0.5, 0.6) is 0 Å². The number of ketones is 1. The third kappa shape index (κ3) is 3.31. The van der Waals surface area contributed by atoms with E-state index in [1.54, 1.807) is 10.9 Å². The van der Waals surface area contributed by atoms with Crippen molar-refractivity contribution in [3.8, 4) is 0 Å². The maximum absolute atomic E-state index is 13.4. The van der Waals surface area contributed by atoms with Crippen LogP contribution in [0.3, 0.4) is 0 Å². The molecule has 4 aliphatic carbocycles. The Bertz CT molecular complexity index is 825. The summed E-state index contributed by atoms with van der Waals surface area (Å²) < 4.78 is 7.60. The van der Waals surface area contributed by atoms with Crippen LogP contribution in [0.4, 0.5) is 0 Å². The number of Topliss-reactive ketones (excluding diaryl/α,β-unsaturated/α-hetero) is 1. The maximum Gasteiger partial charge on any atom is 0.157 e. The molecular weight excluding hydrogens is 390 g/mol. The van der Waals surface area contributed by atoms with Crippen molar-refractivity contribution in [1.29, 1.82) is 0 Å². The van der Waals surface area contributed by atoms with Crippen LogP contribution in [0.15, 0.2) is 6.20 Å². The van der Waals surface area contributed by atoms with Gasteiger partial charge in [0.25, 0.3) is 0 Å². The number of rotatable bonds is 5. The van der Waals surface area contributed by atoms with Gasteiger partial charge in [0, 0.05) is 13.0 Å². The summed E-state index contributed by atoms with van der Waals surface area (Å²) in [7, 11) is 1.85. The molecule has 31 heavy (non-hydrogen) atoms. The monoisotopic (exact) mass is 429 g/mol. The predicted octanol–water partition coefficient (Wildman–Crippen LogP) is 3.80. The summed E-state index contributed by atoms with van der Waals surface area (Å²) in [4.78, 5) is 13.4. The van der Waals surface area contributed by atoms with E-state index in [1.807, 2.05) is 14.0 Å². The van der Waals surface area contributed by atoms with Crippen molar-refractivity contribution in [1.82, 2.24) is 15.0 Å². The fraction of sp³-hybridized carbons (Fsp3) is 0.880. The zero-order valence-corrected chi connectivity index (χ0v) is 19.4. The lowest BCUT2D eigenvalue weighted by Crippen LogP contribution is -2.57. The summed E-state index contributed by atoms with van der Waals surface area (Å²) >= 11 is 0. The highest BCUT2D eigenvalue weighted by atomic mass is 16.5. The third-order valence-electron chi connectivity index (χ3n) is 10.3. The molecule has 6 heteroatoms. The van der Waals surface area contributed by atoms with E-state index in [4.69, 9.17) is 4.74 Å². The number of fused-ring (bicyclic) bond motifs is 5. The lowest BCUT2D eigenvalue weighted by atomic mass is 9.44. The van der Waals surface area contributed by atoms with E-state index in [9.17, 15) is 9.90 Å². The van der Waals surface area contributed by atoms with E-state index in [-0.39, 0.29) is 22.9 Å². The molecule has 0 aliphatic heterocycles. The number of hydrogen-bond donors (Lipinski definition) is 1. The Morgan fingerprint density at radius 2 is 2.03 bits per heavy atom. The molecular formula is C25H39N3O3. The summed E-state index contributed by atoms with van der Waals surface area (Å²) in [5.41, 5.74) is 1.30. The van der Waals surface area contributed by atoms with Crippen molar-refractivity contribution in [2.75, 3.05) is 13.7 Å². The number of carbonyl (C=O) groups excluding carboxylic acids is 1.